The minimum atomic E-state index is 0.321. The van der Waals surface area contributed by atoms with E-state index in [9.17, 15) is 4.79 Å². The predicted molar refractivity (Wildman–Crippen MR) is 50.1 cm³/mol. The summed E-state index contributed by atoms with van der Waals surface area (Å²) in [5, 5.41) is 0. The monoisotopic (exact) mass is 167 g/mol. The van der Waals surface area contributed by atoms with E-state index in [1.165, 1.54) is 12.8 Å². The van der Waals surface area contributed by atoms with Crippen molar-refractivity contribution in [3.63, 3.8) is 0 Å². The predicted octanol–water partition coefficient (Wildman–Crippen LogP) is 1.62. The van der Waals surface area contributed by atoms with Crippen molar-refractivity contribution in [2.45, 2.75) is 32.2 Å². The van der Waals surface area contributed by atoms with Gasteiger partial charge in [0, 0.05) is 11.6 Å². The number of nitrogens with zero attached hydrogens (tertiary/aromatic N) is 1. The Morgan fingerprint density at radius 3 is 3.00 bits per heavy atom. The van der Waals surface area contributed by atoms with E-state index in [1.807, 2.05) is 0 Å². The highest BCUT2D eigenvalue weighted by Crippen LogP contribution is 2.20. The van der Waals surface area contributed by atoms with Gasteiger partial charge in [0.1, 0.15) is 6.29 Å². The number of carbonyl (C=O) groups is 1. The van der Waals surface area contributed by atoms with Crippen molar-refractivity contribution < 1.29 is 4.79 Å². The van der Waals surface area contributed by atoms with E-state index in [1.54, 1.807) is 0 Å². The van der Waals surface area contributed by atoms with E-state index in [2.05, 4.69) is 18.4 Å². The molecule has 68 valence electrons. The van der Waals surface area contributed by atoms with Crippen molar-refractivity contribution in [2.24, 2.45) is 0 Å². The van der Waals surface area contributed by atoms with Crippen LogP contribution in [0.1, 0.15) is 26.2 Å². The van der Waals surface area contributed by atoms with Gasteiger partial charge >= 0.3 is 0 Å². The molecular formula is C10H17NO. The molecule has 1 saturated heterocycles. The number of aldehydes is 1. The summed E-state index contributed by atoms with van der Waals surface area (Å²) < 4.78 is 0. The molecule has 1 rings (SSSR count). The molecule has 1 fully saturated rings. The Labute approximate surface area is 74.2 Å². The molecule has 1 heterocycles. The number of hydrogen-bond donors (Lipinski definition) is 0. The summed E-state index contributed by atoms with van der Waals surface area (Å²) in [7, 11) is 0. The highest BCUT2D eigenvalue weighted by atomic mass is 16.1. The Kier molecular flexibility index (Phi) is 3.48. The molecule has 2 heteroatoms. The fraction of sp³-hybridized carbons (Fsp3) is 0.700. The van der Waals surface area contributed by atoms with Gasteiger partial charge in [0.25, 0.3) is 0 Å². The summed E-state index contributed by atoms with van der Waals surface area (Å²) in [4.78, 5) is 12.9. The topological polar surface area (TPSA) is 20.3 Å². The largest absolute Gasteiger partial charge is 0.298 e. The minimum Gasteiger partial charge on any atom is -0.298 e. The molecule has 1 aliphatic heterocycles. The Hall–Kier alpha value is -0.630. The van der Waals surface area contributed by atoms with Crippen molar-refractivity contribution in [3.05, 3.63) is 12.2 Å². The lowest BCUT2D eigenvalue weighted by Gasteiger charge is -2.34. The van der Waals surface area contributed by atoms with Crippen molar-refractivity contribution >= 4 is 6.29 Å². The third kappa shape index (κ3) is 1.95. The summed E-state index contributed by atoms with van der Waals surface area (Å²) in [5.74, 6) is 0. The molecule has 0 saturated carbocycles. The van der Waals surface area contributed by atoms with Crippen LogP contribution in [-0.2, 0) is 4.79 Å². The summed E-state index contributed by atoms with van der Waals surface area (Å²) in [5.41, 5.74) is 0.747. The van der Waals surface area contributed by atoms with Gasteiger partial charge in [-0.3, -0.25) is 9.69 Å². The molecule has 0 spiro atoms. The smallest absolute Gasteiger partial charge is 0.147 e. The Morgan fingerprint density at radius 2 is 2.42 bits per heavy atom. The van der Waals surface area contributed by atoms with Crippen LogP contribution in [0.3, 0.4) is 0 Å². The Balaban J connectivity index is 2.58. The summed E-state index contributed by atoms with van der Waals surface area (Å²) >= 11 is 0. The average Bonchev–Trinajstić information content (AvgIpc) is 2.16. The van der Waals surface area contributed by atoms with Crippen molar-refractivity contribution in [3.8, 4) is 0 Å². The fourth-order valence-corrected chi connectivity index (χ4v) is 1.87. The zero-order chi connectivity index (χ0) is 8.97. The van der Waals surface area contributed by atoms with Crippen molar-refractivity contribution in [1.29, 1.82) is 0 Å². The van der Waals surface area contributed by atoms with Gasteiger partial charge in [0.2, 0.25) is 0 Å². The second kappa shape index (κ2) is 4.41. The molecular weight excluding hydrogens is 150 g/mol. The van der Waals surface area contributed by atoms with Gasteiger partial charge in [-0.05, 0) is 25.9 Å². The first-order chi connectivity index (χ1) is 5.79. The molecule has 0 aromatic heterocycles. The van der Waals surface area contributed by atoms with Crippen LogP contribution >= 0.6 is 0 Å². The maximum Gasteiger partial charge on any atom is 0.147 e. The van der Waals surface area contributed by atoms with Gasteiger partial charge in [-0.1, -0.05) is 19.9 Å². The van der Waals surface area contributed by atoms with E-state index in [-0.39, 0.29) is 0 Å². The SMILES string of the molecule is C=C(C=O)C1CCCCN1CC. The molecule has 1 atom stereocenters. The van der Waals surface area contributed by atoms with Crippen LogP contribution in [0.4, 0.5) is 0 Å². The van der Waals surface area contributed by atoms with Crippen molar-refractivity contribution in [2.75, 3.05) is 13.1 Å². The molecule has 0 aliphatic carbocycles. The third-order valence-electron chi connectivity index (χ3n) is 2.60. The van der Waals surface area contributed by atoms with Crippen LogP contribution in [0.25, 0.3) is 0 Å². The average molecular weight is 167 g/mol. The number of hydrogen-bond acceptors (Lipinski definition) is 2. The van der Waals surface area contributed by atoms with Gasteiger partial charge in [0.15, 0.2) is 0 Å². The van der Waals surface area contributed by atoms with Crippen LogP contribution in [-0.4, -0.2) is 30.3 Å². The Morgan fingerprint density at radius 1 is 1.67 bits per heavy atom. The van der Waals surface area contributed by atoms with E-state index < -0.39 is 0 Å². The maximum atomic E-state index is 10.5. The zero-order valence-corrected chi connectivity index (χ0v) is 7.75. The number of carbonyl (C=O) groups excluding carboxylic acids is 1. The highest BCUT2D eigenvalue weighted by Gasteiger charge is 2.22. The lowest BCUT2D eigenvalue weighted by molar-refractivity contribution is -0.105. The third-order valence-corrected chi connectivity index (χ3v) is 2.60. The number of likely N-dealkylation sites (N-methyl/N-ethyl adjacent to an activating group) is 1. The summed E-state index contributed by atoms with van der Waals surface area (Å²) in [6, 6.07) is 0.321. The molecule has 1 unspecified atom stereocenters. The summed E-state index contributed by atoms with van der Waals surface area (Å²) in [6.07, 6.45) is 4.49. The van der Waals surface area contributed by atoms with Crippen LogP contribution < -0.4 is 0 Å². The zero-order valence-electron chi connectivity index (χ0n) is 7.75. The lowest BCUT2D eigenvalue weighted by Crippen LogP contribution is -2.40. The van der Waals surface area contributed by atoms with Gasteiger partial charge in [-0.2, -0.15) is 0 Å². The number of piperidine rings is 1. The van der Waals surface area contributed by atoms with E-state index in [0.29, 0.717) is 6.04 Å². The quantitative estimate of drug-likeness (QED) is 0.470. The van der Waals surface area contributed by atoms with E-state index in [4.69, 9.17) is 0 Å². The standard InChI is InChI=1S/C10H17NO/c1-3-11-7-5-4-6-10(11)9(2)8-12/h8,10H,2-7H2,1H3. The molecule has 0 aromatic carbocycles. The second-order valence-electron chi connectivity index (χ2n) is 3.33. The van der Waals surface area contributed by atoms with E-state index in [0.717, 1.165) is 31.4 Å². The van der Waals surface area contributed by atoms with Crippen LogP contribution in [0, 0.1) is 0 Å². The second-order valence-corrected chi connectivity index (χ2v) is 3.33. The molecule has 0 amide bonds. The van der Waals surface area contributed by atoms with Crippen LogP contribution in [0.5, 0.6) is 0 Å². The fourth-order valence-electron chi connectivity index (χ4n) is 1.87. The van der Waals surface area contributed by atoms with Crippen LogP contribution in [0.15, 0.2) is 12.2 Å². The van der Waals surface area contributed by atoms with Gasteiger partial charge in [-0.15, -0.1) is 0 Å². The number of rotatable bonds is 3. The highest BCUT2D eigenvalue weighted by molar-refractivity contribution is 5.73. The first-order valence-electron chi connectivity index (χ1n) is 4.67. The molecule has 0 aromatic rings. The van der Waals surface area contributed by atoms with Gasteiger partial charge in [-0.25, -0.2) is 0 Å². The van der Waals surface area contributed by atoms with Gasteiger partial charge in [0.05, 0.1) is 0 Å². The minimum absolute atomic E-state index is 0.321. The molecule has 0 bridgehead atoms. The molecule has 0 radical (unpaired) electrons. The normalized spacial score (nSPS) is 25.2. The maximum absolute atomic E-state index is 10.5. The first-order valence-corrected chi connectivity index (χ1v) is 4.67. The molecule has 12 heavy (non-hydrogen) atoms. The number of likely N-dealkylation sites (tertiary alicyclic amines) is 1. The summed E-state index contributed by atoms with van der Waals surface area (Å²) in [6.45, 7) is 8.07. The lowest BCUT2D eigenvalue weighted by atomic mass is 9.97. The molecule has 2 nitrogen and oxygen atoms in total. The first kappa shape index (κ1) is 9.46. The van der Waals surface area contributed by atoms with Crippen molar-refractivity contribution in [1.82, 2.24) is 4.90 Å². The van der Waals surface area contributed by atoms with Gasteiger partial charge < -0.3 is 0 Å². The molecule has 1 aliphatic rings. The Bertz CT molecular complexity index is 177. The van der Waals surface area contributed by atoms with E-state index >= 15 is 0 Å². The van der Waals surface area contributed by atoms with Crippen LogP contribution in [0.2, 0.25) is 0 Å². The molecule has 0 N–H and O–H groups in total.